The van der Waals surface area contributed by atoms with Crippen LogP contribution in [-0.2, 0) is 6.54 Å². The number of rotatable bonds is 11. The number of alkyl halides is 3. The van der Waals surface area contributed by atoms with E-state index in [2.05, 4.69) is 55.5 Å². The summed E-state index contributed by atoms with van der Waals surface area (Å²) < 4.78 is 42.7. The molecule has 1 unspecified atom stereocenters. The van der Waals surface area contributed by atoms with Gasteiger partial charge in [-0.15, -0.1) is 13.2 Å². The van der Waals surface area contributed by atoms with Crippen molar-refractivity contribution in [2.24, 2.45) is 29.1 Å². The summed E-state index contributed by atoms with van der Waals surface area (Å²) in [5.41, 5.74) is 0.866. The third-order valence-electron chi connectivity index (χ3n) is 10.6. The molecule has 5 aliphatic rings. The zero-order chi connectivity index (χ0) is 30.9. The number of hydrogen-bond donors (Lipinski definition) is 3. The van der Waals surface area contributed by atoms with Gasteiger partial charge in [-0.25, -0.2) is 4.98 Å². The molecule has 1 saturated heterocycles. The zero-order valence-electron chi connectivity index (χ0n) is 25.7. The zero-order valence-corrected chi connectivity index (χ0v) is 25.7. The van der Waals surface area contributed by atoms with E-state index in [-0.39, 0.29) is 23.7 Å². The number of nitrogens with one attached hydrogen (secondary N) is 3. The monoisotopic (exact) mass is 611 g/mol. The van der Waals surface area contributed by atoms with Gasteiger partial charge in [0.25, 0.3) is 0 Å². The van der Waals surface area contributed by atoms with Crippen molar-refractivity contribution in [2.75, 3.05) is 36.8 Å². The normalized spacial score (nSPS) is 28.7. The fourth-order valence-corrected chi connectivity index (χ4v) is 8.72. The first-order chi connectivity index (χ1) is 21.1. The highest BCUT2D eigenvalue weighted by atomic mass is 19.4. The summed E-state index contributed by atoms with van der Waals surface area (Å²) in [6.45, 7) is 8.94. The molecule has 2 heterocycles. The summed E-state index contributed by atoms with van der Waals surface area (Å²) in [5, 5.41) is 20.3. The van der Waals surface area contributed by atoms with Gasteiger partial charge in [-0.2, -0.15) is 10.2 Å². The molecule has 0 amide bonds. The number of piperidine rings is 1. The van der Waals surface area contributed by atoms with Crippen molar-refractivity contribution in [1.82, 2.24) is 20.2 Å². The predicted octanol–water partition coefficient (Wildman–Crippen LogP) is 6.18. The number of para-hydroxylation sites is 1. The molecule has 0 radical (unpaired) electrons. The maximum absolute atomic E-state index is 12.8. The molecule has 1 aromatic carbocycles. The molecular weight excluding hydrogens is 567 g/mol. The molecule has 7 rings (SSSR count). The van der Waals surface area contributed by atoms with E-state index in [0.717, 1.165) is 24.9 Å². The average molecular weight is 612 g/mol. The third-order valence-corrected chi connectivity index (χ3v) is 10.6. The lowest BCUT2D eigenvalue weighted by atomic mass is 9.48. The minimum Gasteiger partial charge on any atom is -0.405 e. The van der Waals surface area contributed by atoms with Gasteiger partial charge in [-0.05, 0) is 114 Å². The molecule has 11 heteroatoms. The summed E-state index contributed by atoms with van der Waals surface area (Å²) in [7, 11) is 0. The molecule has 1 aromatic heterocycles. The molecule has 5 atom stereocenters. The van der Waals surface area contributed by atoms with Gasteiger partial charge in [0, 0.05) is 30.7 Å². The molecule has 238 valence electrons. The lowest BCUT2D eigenvalue weighted by Crippen LogP contribution is -2.60. The Bertz CT molecular complexity index is 1320. The number of ether oxygens (including phenoxy) is 1. The molecule has 0 spiro atoms. The molecule has 4 aliphatic carbocycles. The Balaban J connectivity index is 1.06. The number of benzene rings is 1. The van der Waals surface area contributed by atoms with Gasteiger partial charge in [0.1, 0.15) is 23.2 Å². The molecule has 5 fully saturated rings. The highest BCUT2D eigenvalue weighted by Gasteiger charge is 2.55. The van der Waals surface area contributed by atoms with Crippen molar-refractivity contribution in [3.63, 3.8) is 0 Å². The molecule has 44 heavy (non-hydrogen) atoms. The quantitative estimate of drug-likeness (QED) is 0.277. The Hall–Kier alpha value is -3.10. The van der Waals surface area contributed by atoms with Gasteiger partial charge in [-0.1, -0.05) is 18.2 Å². The number of hydrogen-bond acceptors (Lipinski definition) is 8. The molecule has 3 N–H and O–H groups in total. The minimum atomic E-state index is -4.78. The fourth-order valence-electron chi connectivity index (χ4n) is 8.72. The Morgan fingerprint density at radius 1 is 1.09 bits per heavy atom. The van der Waals surface area contributed by atoms with Crippen molar-refractivity contribution in [3.8, 4) is 11.8 Å². The molecule has 2 aromatic rings. The molecule has 8 nitrogen and oxygen atoms in total. The number of likely N-dealkylation sites (tertiary alicyclic amines) is 1. The van der Waals surface area contributed by atoms with Crippen LogP contribution in [0, 0.1) is 40.4 Å². The summed E-state index contributed by atoms with van der Waals surface area (Å²) in [6, 6.07) is 9.40. The van der Waals surface area contributed by atoms with Crippen LogP contribution >= 0.6 is 0 Å². The van der Waals surface area contributed by atoms with Crippen molar-refractivity contribution in [2.45, 2.75) is 83.8 Å². The van der Waals surface area contributed by atoms with Gasteiger partial charge in [-0.3, -0.25) is 0 Å². The van der Waals surface area contributed by atoms with E-state index >= 15 is 0 Å². The van der Waals surface area contributed by atoms with Crippen LogP contribution < -0.4 is 20.7 Å². The van der Waals surface area contributed by atoms with Gasteiger partial charge in [0.15, 0.2) is 0 Å². The Morgan fingerprint density at radius 2 is 1.82 bits per heavy atom. The van der Waals surface area contributed by atoms with Crippen LogP contribution in [0.2, 0.25) is 0 Å². The van der Waals surface area contributed by atoms with E-state index in [1.807, 2.05) is 0 Å². The fraction of sp³-hybridized carbons (Fsp3) is 0.667. The second-order valence-corrected chi connectivity index (χ2v) is 13.9. The molecule has 4 saturated carbocycles. The van der Waals surface area contributed by atoms with E-state index < -0.39 is 6.36 Å². The molecule has 1 aliphatic heterocycles. The second-order valence-electron chi connectivity index (χ2n) is 13.9. The average Bonchev–Trinajstić information content (AvgIpc) is 2.98. The van der Waals surface area contributed by atoms with Crippen LogP contribution in [0.25, 0.3) is 0 Å². The van der Waals surface area contributed by atoms with Crippen molar-refractivity contribution in [1.29, 1.82) is 5.26 Å². The second kappa shape index (κ2) is 12.7. The van der Waals surface area contributed by atoms with Gasteiger partial charge in [0.2, 0.25) is 5.95 Å². The number of anilines is 2. The third kappa shape index (κ3) is 7.07. The van der Waals surface area contributed by atoms with Crippen LogP contribution in [0.1, 0.15) is 69.9 Å². The summed E-state index contributed by atoms with van der Waals surface area (Å²) >= 11 is 0. The van der Waals surface area contributed by atoms with Crippen LogP contribution in [0.3, 0.4) is 0 Å². The van der Waals surface area contributed by atoms with Crippen LogP contribution in [0.15, 0.2) is 30.5 Å². The predicted molar refractivity (Wildman–Crippen MR) is 163 cm³/mol. The van der Waals surface area contributed by atoms with Crippen molar-refractivity contribution < 1.29 is 17.9 Å². The SMILES string of the molecule is CC(C)N1CCC(CN[C@@H]2[C@@H]3CC4C[C@H]2C[C@@](CNc2nc(NCc5ccccc5OC(F)(F)F)ncc2C#N)(C4)C3)CC1. The highest BCUT2D eigenvalue weighted by Crippen LogP contribution is 2.60. The van der Waals surface area contributed by atoms with Gasteiger partial charge in [0.05, 0.1) is 6.20 Å². The maximum atomic E-state index is 12.8. The Kier molecular flexibility index (Phi) is 8.93. The van der Waals surface area contributed by atoms with E-state index in [0.29, 0.717) is 40.9 Å². The van der Waals surface area contributed by atoms with Gasteiger partial charge < -0.3 is 25.6 Å². The topological polar surface area (TPSA) is 98.1 Å². The smallest absolute Gasteiger partial charge is 0.405 e. The molecular formula is C33H44F3N7O. The van der Waals surface area contributed by atoms with Crippen molar-refractivity contribution >= 4 is 11.8 Å². The van der Waals surface area contributed by atoms with E-state index in [1.54, 1.807) is 12.1 Å². The summed E-state index contributed by atoms with van der Waals surface area (Å²) in [6.07, 6.45) is 5.45. The van der Waals surface area contributed by atoms with Crippen molar-refractivity contribution in [3.05, 3.63) is 41.6 Å². The van der Waals surface area contributed by atoms with Crippen LogP contribution in [0.4, 0.5) is 24.9 Å². The number of aromatic nitrogens is 2. The Morgan fingerprint density at radius 3 is 2.50 bits per heavy atom. The first-order valence-electron chi connectivity index (χ1n) is 16.2. The number of halogens is 3. The maximum Gasteiger partial charge on any atom is 0.573 e. The van der Waals surface area contributed by atoms with Crippen LogP contribution in [-0.4, -0.2) is 59.5 Å². The van der Waals surface area contributed by atoms with Crippen LogP contribution in [0.5, 0.6) is 5.75 Å². The summed E-state index contributed by atoms with van der Waals surface area (Å²) in [5.74, 6) is 3.34. The number of nitriles is 1. The minimum absolute atomic E-state index is 0.0395. The number of nitrogens with zero attached hydrogens (tertiary/aromatic N) is 4. The Labute approximate surface area is 258 Å². The van der Waals surface area contributed by atoms with E-state index in [9.17, 15) is 18.4 Å². The lowest BCUT2D eigenvalue weighted by molar-refractivity contribution is -0.274. The first-order valence-corrected chi connectivity index (χ1v) is 16.2. The lowest BCUT2D eigenvalue weighted by Gasteiger charge is -2.60. The standard InChI is InChI=1S/C33H44F3N7O/c1-21(2)43-9-7-22(8-10-43)17-38-29-25-11-23-12-26(29)15-32(13-23,14-25)20-41-30-27(16-37)19-40-31(42-30)39-18-24-5-3-4-6-28(24)44-33(34,35)36/h3-6,19,21-23,25-26,29,38H,7-15,17-18,20H2,1-2H3,(H2,39,40,41,42)/t23?,25-,26+,29-,32-. The van der Waals surface area contributed by atoms with Gasteiger partial charge >= 0.3 is 6.36 Å². The molecule has 4 bridgehead atoms. The van der Waals surface area contributed by atoms with E-state index in [1.165, 1.54) is 76.4 Å². The largest absolute Gasteiger partial charge is 0.573 e. The summed E-state index contributed by atoms with van der Waals surface area (Å²) in [4.78, 5) is 11.4. The van der Waals surface area contributed by atoms with E-state index in [4.69, 9.17) is 0 Å². The highest BCUT2D eigenvalue weighted by molar-refractivity contribution is 5.53. The first kappa shape index (κ1) is 30.9.